The van der Waals surface area contributed by atoms with Crippen LogP contribution < -0.4 is 11.1 Å². The summed E-state index contributed by atoms with van der Waals surface area (Å²) in [6.45, 7) is 7.65. The fourth-order valence-corrected chi connectivity index (χ4v) is 3.01. The summed E-state index contributed by atoms with van der Waals surface area (Å²) in [7, 11) is 0. The van der Waals surface area contributed by atoms with Crippen molar-refractivity contribution in [3.05, 3.63) is 70.5 Å². The minimum Gasteiger partial charge on any atom is -0.391 e. The molecule has 0 aliphatic carbocycles. The molecule has 5 heteroatoms. The van der Waals surface area contributed by atoms with E-state index in [9.17, 15) is 14.3 Å². The number of rotatable bonds is 6. The van der Waals surface area contributed by atoms with Crippen LogP contribution in [0.2, 0.25) is 0 Å². The summed E-state index contributed by atoms with van der Waals surface area (Å²) in [5.74, 6) is -0.516. The fraction of sp³-hybridized carbons (Fsp3) is 0.409. The van der Waals surface area contributed by atoms with Crippen molar-refractivity contribution in [3.63, 3.8) is 0 Å². The third-order valence-corrected chi connectivity index (χ3v) is 4.46. The third kappa shape index (κ3) is 5.88. The quantitative estimate of drug-likeness (QED) is 0.729. The lowest BCUT2D eigenvalue weighted by Gasteiger charge is -2.24. The van der Waals surface area contributed by atoms with Gasteiger partial charge in [-0.15, -0.1) is 0 Å². The molecule has 2 aromatic rings. The average Bonchev–Trinajstić information content (AvgIpc) is 2.57. The molecule has 2 aromatic carbocycles. The lowest BCUT2D eigenvalue weighted by atomic mass is 9.91. The Morgan fingerprint density at radius 2 is 1.81 bits per heavy atom. The van der Waals surface area contributed by atoms with Crippen LogP contribution in [0.5, 0.6) is 0 Å². The Morgan fingerprint density at radius 3 is 2.44 bits per heavy atom. The number of nitrogens with two attached hydrogens (primary N) is 1. The van der Waals surface area contributed by atoms with Gasteiger partial charge in [0.15, 0.2) is 0 Å². The van der Waals surface area contributed by atoms with Crippen LogP contribution >= 0.6 is 0 Å². The average molecular weight is 372 g/mol. The summed E-state index contributed by atoms with van der Waals surface area (Å²) in [6, 6.07) is 11.2. The minimum atomic E-state index is -0.896. The van der Waals surface area contributed by atoms with E-state index < -0.39 is 12.1 Å². The topological polar surface area (TPSA) is 75.3 Å². The van der Waals surface area contributed by atoms with Crippen molar-refractivity contribution < 1.29 is 14.3 Å². The Kier molecular flexibility index (Phi) is 6.73. The smallest absolute Gasteiger partial charge is 0.251 e. The Morgan fingerprint density at radius 1 is 1.15 bits per heavy atom. The summed E-state index contributed by atoms with van der Waals surface area (Å²) in [5.41, 5.74) is 8.44. The van der Waals surface area contributed by atoms with Gasteiger partial charge in [-0.25, -0.2) is 4.39 Å². The second-order valence-electron chi connectivity index (χ2n) is 8.04. The highest BCUT2D eigenvalue weighted by Gasteiger charge is 2.23. The Bertz CT molecular complexity index is 799. The van der Waals surface area contributed by atoms with Crippen molar-refractivity contribution in [1.29, 1.82) is 0 Å². The molecule has 0 heterocycles. The highest BCUT2D eigenvalue weighted by atomic mass is 19.1. The van der Waals surface area contributed by atoms with Gasteiger partial charge >= 0.3 is 0 Å². The van der Waals surface area contributed by atoms with E-state index in [-0.39, 0.29) is 30.1 Å². The molecule has 2 unspecified atom stereocenters. The normalized spacial score (nSPS) is 13.9. The Balaban J connectivity index is 2.18. The van der Waals surface area contributed by atoms with E-state index in [1.807, 2.05) is 39.8 Å². The first-order valence-corrected chi connectivity index (χ1v) is 9.16. The summed E-state index contributed by atoms with van der Waals surface area (Å²) in [6.07, 6.45) is -0.440. The predicted molar refractivity (Wildman–Crippen MR) is 106 cm³/mol. The summed E-state index contributed by atoms with van der Waals surface area (Å²) < 4.78 is 13.8. The molecule has 0 radical (unpaired) electrons. The second-order valence-corrected chi connectivity index (χ2v) is 8.04. The van der Waals surface area contributed by atoms with E-state index in [4.69, 9.17) is 5.73 Å². The van der Waals surface area contributed by atoms with Crippen molar-refractivity contribution >= 4 is 5.91 Å². The van der Waals surface area contributed by atoms with Crippen LogP contribution in [-0.2, 0) is 12.8 Å². The molecular formula is C22H29FN2O2. The molecule has 0 saturated carbocycles. The highest BCUT2D eigenvalue weighted by molar-refractivity contribution is 5.96. The summed E-state index contributed by atoms with van der Waals surface area (Å²) in [5, 5.41) is 13.6. The molecule has 0 aliphatic heterocycles. The molecule has 0 spiro atoms. The van der Waals surface area contributed by atoms with Crippen LogP contribution in [0.4, 0.5) is 4.39 Å². The summed E-state index contributed by atoms with van der Waals surface area (Å²) in [4.78, 5) is 12.6. The first-order chi connectivity index (χ1) is 12.6. The fourth-order valence-electron chi connectivity index (χ4n) is 3.01. The van der Waals surface area contributed by atoms with Gasteiger partial charge in [0.2, 0.25) is 0 Å². The first kappa shape index (κ1) is 21.1. The van der Waals surface area contributed by atoms with Gasteiger partial charge in [0, 0.05) is 23.6 Å². The van der Waals surface area contributed by atoms with Crippen LogP contribution in [0.15, 0.2) is 42.5 Å². The van der Waals surface area contributed by atoms with Crippen molar-refractivity contribution in [1.82, 2.24) is 5.32 Å². The Labute approximate surface area is 160 Å². The van der Waals surface area contributed by atoms with E-state index in [1.165, 1.54) is 6.07 Å². The first-order valence-electron chi connectivity index (χ1n) is 9.16. The van der Waals surface area contributed by atoms with Crippen molar-refractivity contribution in [2.24, 2.45) is 5.73 Å². The van der Waals surface area contributed by atoms with Gasteiger partial charge in [-0.05, 0) is 62.9 Å². The number of halogens is 1. The van der Waals surface area contributed by atoms with Crippen molar-refractivity contribution in [2.45, 2.75) is 58.2 Å². The van der Waals surface area contributed by atoms with Crippen LogP contribution in [0.1, 0.15) is 47.8 Å². The molecule has 0 fully saturated rings. The van der Waals surface area contributed by atoms with E-state index in [0.717, 1.165) is 11.1 Å². The van der Waals surface area contributed by atoms with Crippen LogP contribution in [0, 0.1) is 12.7 Å². The zero-order valence-electron chi connectivity index (χ0n) is 16.4. The zero-order valence-corrected chi connectivity index (χ0v) is 16.4. The van der Waals surface area contributed by atoms with E-state index >= 15 is 0 Å². The number of aliphatic hydroxyl groups is 1. The van der Waals surface area contributed by atoms with E-state index in [0.29, 0.717) is 11.1 Å². The SMILES string of the molecule is Cc1cccc(C(=O)NC(C)(C)C)c1CC(O)C(N)Cc1ccccc1F. The molecule has 4 nitrogen and oxygen atoms in total. The number of carbonyl (C=O) groups excluding carboxylic acids is 1. The van der Waals surface area contributed by atoms with Crippen LogP contribution in [0.3, 0.4) is 0 Å². The number of benzene rings is 2. The minimum absolute atomic E-state index is 0.184. The maximum Gasteiger partial charge on any atom is 0.251 e. The molecule has 2 atom stereocenters. The van der Waals surface area contributed by atoms with Gasteiger partial charge in [-0.2, -0.15) is 0 Å². The van der Waals surface area contributed by atoms with Gasteiger partial charge in [0.1, 0.15) is 5.82 Å². The molecule has 0 bridgehead atoms. The number of carbonyl (C=O) groups is 1. The van der Waals surface area contributed by atoms with E-state index in [1.54, 1.807) is 24.3 Å². The number of nitrogens with one attached hydrogen (secondary N) is 1. The zero-order chi connectivity index (χ0) is 20.2. The summed E-state index contributed by atoms with van der Waals surface area (Å²) >= 11 is 0. The molecule has 4 N–H and O–H groups in total. The van der Waals surface area contributed by atoms with Gasteiger partial charge in [-0.3, -0.25) is 4.79 Å². The lowest BCUT2D eigenvalue weighted by Crippen LogP contribution is -2.42. The number of aryl methyl sites for hydroxylation is 1. The van der Waals surface area contributed by atoms with E-state index in [2.05, 4.69) is 5.32 Å². The lowest BCUT2D eigenvalue weighted by molar-refractivity contribution is 0.0916. The number of aliphatic hydroxyl groups excluding tert-OH is 1. The van der Waals surface area contributed by atoms with Crippen molar-refractivity contribution in [2.75, 3.05) is 0 Å². The number of hydrogen-bond donors (Lipinski definition) is 3. The molecule has 0 aromatic heterocycles. The molecule has 0 aliphatic rings. The highest BCUT2D eigenvalue weighted by Crippen LogP contribution is 2.19. The maximum absolute atomic E-state index is 13.8. The standard InChI is InChI=1S/C22H29FN2O2/c1-14-8-7-10-16(21(27)25-22(2,3)4)17(14)13-20(26)19(24)12-15-9-5-6-11-18(15)23/h5-11,19-20,26H,12-13,24H2,1-4H3,(H,25,27). The number of hydrogen-bond acceptors (Lipinski definition) is 3. The number of amides is 1. The van der Waals surface area contributed by atoms with Gasteiger partial charge < -0.3 is 16.2 Å². The maximum atomic E-state index is 13.8. The molecule has 0 saturated heterocycles. The van der Waals surface area contributed by atoms with Gasteiger partial charge in [0.25, 0.3) is 5.91 Å². The molecular weight excluding hydrogens is 343 g/mol. The largest absolute Gasteiger partial charge is 0.391 e. The van der Waals surface area contributed by atoms with Crippen molar-refractivity contribution in [3.8, 4) is 0 Å². The molecule has 1 amide bonds. The molecule has 146 valence electrons. The third-order valence-electron chi connectivity index (χ3n) is 4.46. The van der Waals surface area contributed by atoms with Gasteiger partial charge in [-0.1, -0.05) is 30.3 Å². The van der Waals surface area contributed by atoms with Crippen LogP contribution in [-0.4, -0.2) is 28.7 Å². The monoisotopic (exact) mass is 372 g/mol. The Hall–Kier alpha value is -2.24. The van der Waals surface area contributed by atoms with Gasteiger partial charge in [0.05, 0.1) is 6.10 Å². The molecule has 2 rings (SSSR count). The predicted octanol–water partition coefficient (Wildman–Crippen LogP) is 3.14. The second kappa shape index (κ2) is 8.63. The van der Waals surface area contributed by atoms with Crippen LogP contribution in [0.25, 0.3) is 0 Å². The molecule has 27 heavy (non-hydrogen) atoms.